The summed E-state index contributed by atoms with van der Waals surface area (Å²) in [6, 6.07) is 16.1. The van der Waals surface area contributed by atoms with Crippen molar-refractivity contribution >= 4 is 23.8 Å². The fraction of sp³-hybridized carbons (Fsp3) is 0.280. The van der Waals surface area contributed by atoms with Crippen LogP contribution in [0.15, 0.2) is 65.9 Å². The van der Waals surface area contributed by atoms with Crippen molar-refractivity contribution < 1.29 is 4.79 Å². The van der Waals surface area contributed by atoms with Crippen molar-refractivity contribution in [1.29, 1.82) is 0 Å². The summed E-state index contributed by atoms with van der Waals surface area (Å²) in [6.07, 6.45) is 5.46. The zero-order valence-corrected chi connectivity index (χ0v) is 18.2. The zero-order chi connectivity index (χ0) is 21.9. The normalized spacial score (nSPS) is 15.6. The molecule has 7 nitrogen and oxygen atoms in total. The summed E-state index contributed by atoms with van der Waals surface area (Å²) in [6.45, 7) is 6.24. The zero-order valence-electron chi connectivity index (χ0n) is 18.2. The molecule has 0 aliphatic carbocycles. The predicted octanol–water partition coefficient (Wildman–Crippen LogP) is 3.14. The van der Waals surface area contributed by atoms with Crippen LogP contribution in [0.3, 0.4) is 0 Å². The Morgan fingerprint density at radius 3 is 2.56 bits per heavy atom. The third-order valence-electron chi connectivity index (χ3n) is 6.06. The minimum Gasteiger partial charge on any atom is -0.347 e. The van der Waals surface area contributed by atoms with Crippen LogP contribution in [-0.2, 0) is 6.54 Å². The van der Waals surface area contributed by atoms with Gasteiger partial charge in [-0.25, -0.2) is 9.97 Å². The van der Waals surface area contributed by atoms with Gasteiger partial charge in [0.25, 0.3) is 5.91 Å². The maximum absolute atomic E-state index is 13.2. The van der Waals surface area contributed by atoms with Crippen LogP contribution in [0.5, 0.6) is 0 Å². The molecule has 7 heteroatoms. The van der Waals surface area contributed by atoms with Crippen molar-refractivity contribution in [3.05, 3.63) is 83.2 Å². The molecule has 0 unspecified atom stereocenters. The first kappa shape index (κ1) is 20.2. The minimum atomic E-state index is 0.0772. The van der Waals surface area contributed by atoms with Gasteiger partial charge in [0.05, 0.1) is 0 Å². The summed E-state index contributed by atoms with van der Waals surface area (Å²) < 4.78 is 0. The van der Waals surface area contributed by atoms with Crippen LogP contribution in [-0.4, -0.2) is 59.8 Å². The van der Waals surface area contributed by atoms with Crippen LogP contribution in [0.2, 0.25) is 0 Å². The first-order chi connectivity index (χ1) is 15.7. The molecule has 1 aromatic heterocycles. The molecule has 1 saturated heterocycles. The summed E-state index contributed by atoms with van der Waals surface area (Å²) >= 11 is 0. The Balaban J connectivity index is 1.26. The number of aryl methyl sites for hydroxylation is 1. The summed E-state index contributed by atoms with van der Waals surface area (Å²) in [5, 5.41) is 0. The highest BCUT2D eigenvalue weighted by Crippen LogP contribution is 2.27. The van der Waals surface area contributed by atoms with E-state index in [1.165, 1.54) is 16.8 Å². The highest BCUT2D eigenvalue weighted by molar-refractivity contribution is 5.94. The van der Waals surface area contributed by atoms with E-state index in [9.17, 15) is 4.79 Å². The number of benzene rings is 2. The molecule has 2 aromatic carbocycles. The molecular weight excluding hydrogens is 400 g/mol. The molecule has 1 fully saturated rings. The lowest BCUT2D eigenvalue weighted by atomic mass is 10.0. The minimum absolute atomic E-state index is 0.0772. The molecule has 2 aliphatic rings. The van der Waals surface area contributed by atoms with Gasteiger partial charge < -0.3 is 14.7 Å². The van der Waals surface area contributed by atoms with Gasteiger partial charge in [-0.15, -0.1) is 0 Å². The second-order valence-corrected chi connectivity index (χ2v) is 8.19. The molecule has 5 rings (SSSR count). The summed E-state index contributed by atoms with van der Waals surface area (Å²) in [5.41, 5.74) is 5.43. The van der Waals surface area contributed by atoms with Crippen molar-refractivity contribution in [2.24, 2.45) is 4.99 Å². The summed E-state index contributed by atoms with van der Waals surface area (Å²) in [4.78, 5) is 32.6. The maximum Gasteiger partial charge on any atom is 0.253 e. The van der Waals surface area contributed by atoms with E-state index in [0.29, 0.717) is 26.3 Å². The molecule has 162 valence electrons. The predicted molar refractivity (Wildman–Crippen MR) is 126 cm³/mol. The van der Waals surface area contributed by atoms with Crippen LogP contribution < -0.4 is 9.80 Å². The van der Waals surface area contributed by atoms with Gasteiger partial charge in [0, 0.05) is 68.1 Å². The molecule has 3 heterocycles. The summed E-state index contributed by atoms with van der Waals surface area (Å²) in [5.74, 6) is 0.801. The number of piperazine rings is 1. The average Bonchev–Trinajstić information content (AvgIpc) is 2.85. The number of hydrogen-bond donors (Lipinski definition) is 0. The van der Waals surface area contributed by atoms with E-state index in [-0.39, 0.29) is 5.91 Å². The number of anilines is 2. The highest BCUT2D eigenvalue weighted by atomic mass is 16.2. The largest absolute Gasteiger partial charge is 0.347 e. The number of carbonyl (C=O) groups excluding carboxylic acids is 1. The van der Waals surface area contributed by atoms with E-state index >= 15 is 0 Å². The van der Waals surface area contributed by atoms with Crippen LogP contribution >= 0.6 is 0 Å². The quantitative estimate of drug-likeness (QED) is 0.641. The van der Waals surface area contributed by atoms with Crippen molar-refractivity contribution in [3.8, 4) is 0 Å². The second kappa shape index (κ2) is 8.78. The maximum atomic E-state index is 13.2. The third-order valence-corrected chi connectivity index (χ3v) is 6.06. The van der Waals surface area contributed by atoms with E-state index in [2.05, 4.69) is 55.9 Å². The molecule has 0 N–H and O–H groups in total. The van der Waals surface area contributed by atoms with Crippen LogP contribution in [0.4, 0.5) is 11.6 Å². The van der Waals surface area contributed by atoms with Crippen LogP contribution in [0.1, 0.15) is 27.0 Å². The topological polar surface area (TPSA) is 64.9 Å². The lowest BCUT2D eigenvalue weighted by Crippen LogP contribution is -2.49. The van der Waals surface area contributed by atoms with Crippen molar-refractivity contribution in [3.63, 3.8) is 0 Å². The molecule has 0 radical (unpaired) electrons. The smallest absolute Gasteiger partial charge is 0.253 e. The molecule has 0 saturated carbocycles. The number of fused-ring (bicyclic) bond motifs is 1. The van der Waals surface area contributed by atoms with Gasteiger partial charge in [0.2, 0.25) is 5.95 Å². The monoisotopic (exact) mass is 426 g/mol. The number of aromatic nitrogens is 2. The van der Waals surface area contributed by atoms with Gasteiger partial charge in [-0.1, -0.05) is 24.3 Å². The van der Waals surface area contributed by atoms with E-state index in [1.807, 2.05) is 35.4 Å². The Hall–Kier alpha value is -3.74. The van der Waals surface area contributed by atoms with Crippen molar-refractivity contribution in [2.45, 2.75) is 13.5 Å². The fourth-order valence-electron chi connectivity index (χ4n) is 4.32. The van der Waals surface area contributed by atoms with Gasteiger partial charge in [0.15, 0.2) is 0 Å². The molecule has 1 amide bonds. The van der Waals surface area contributed by atoms with Gasteiger partial charge in [-0.05, 0) is 42.3 Å². The number of rotatable bonds is 4. The lowest BCUT2D eigenvalue weighted by Gasteiger charge is -2.34. The van der Waals surface area contributed by atoms with Gasteiger partial charge in [-0.2, -0.15) is 0 Å². The first-order valence-electron chi connectivity index (χ1n) is 10.9. The van der Waals surface area contributed by atoms with E-state index in [4.69, 9.17) is 0 Å². The SMILES string of the molecule is Cc1cccc2c1C=NCN2Cc1cccc(C(=O)N2CCN(c3ncccn3)CC2)c1. The Morgan fingerprint density at radius 2 is 1.75 bits per heavy atom. The van der Waals surface area contributed by atoms with E-state index < -0.39 is 0 Å². The van der Waals surface area contributed by atoms with Gasteiger partial charge in [0.1, 0.15) is 6.67 Å². The number of aliphatic imine (C=N–C) groups is 1. The molecule has 0 spiro atoms. The Bertz CT molecular complexity index is 1140. The molecule has 32 heavy (non-hydrogen) atoms. The number of amides is 1. The molecule has 0 atom stereocenters. The number of carbonyl (C=O) groups is 1. The Labute approximate surface area is 188 Å². The van der Waals surface area contributed by atoms with Crippen LogP contribution in [0, 0.1) is 6.92 Å². The Kier molecular flexibility index (Phi) is 5.54. The molecule has 2 aliphatic heterocycles. The number of nitrogens with zero attached hydrogens (tertiary/aromatic N) is 6. The fourth-order valence-corrected chi connectivity index (χ4v) is 4.32. The van der Waals surface area contributed by atoms with Crippen LogP contribution in [0.25, 0.3) is 0 Å². The summed E-state index contributed by atoms with van der Waals surface area (Å²) in [7, 11) is 0. The van der Waals surface area contributed by atoms with Gasteiger partial charge >= 0.3 is 0 Å². The third kappa shape index (κ3) is 4.06. The Morgan fingerprint density at radius 1 is 0.969 bits per heavy atom. The molecule has 0 bridgehead atoms. The van der Waals surface area contributed by atoms with Crippen molar-refractivity contribution in [1.82, 2.24) is 14.9 Å². The highest BCUT2D eigenvalue weighted by Gasteiger charge is 2.24. The molecule has 3 aromatic rings. The second-order valence-electron chi connectivity index (χ2n) is 8.19. The van der Waals surface area contributed by atoms with E-state index in [1.54, 1.807) is 12.4 Å². The van der Waals surface area contributed by atoms with Gasteiger partial charge in [-0.3, -0.25) is 9.79 Å². The average molecular weight is 427 g/mol. The number of hydrogen-bond acceptors (Lipinski definition) is 6. The van der Waals surface area contributed by atoms with E-state index in [0.717, 1.165) is 30.2 Å². The first-order valence-corrected chi connectivity index (χ1v) is 10.9. The standard InChI is InChI=1S/C25H26N6O/c1-19-5-2-8-23-22(19)16-26-18-31(23)17-20-6-3-7-21(15-20)24(32)29-11-13-30(14-12-29)25-27-9-4-10-28-25/h2-10,15-16H,11-14,17-18H2,1H3. The lowest BCUT2D eigenvalue weighted by molar-refractivity contribution is 0.0746. The molecular formula is C25H26N6O. The van der Waals surface area contributed by atoms with Crippen molar-refractivity contribution in [2.75, 3.05) is 42.6 Å².